The van der Waals surface area contributed by atoms with Gasteiger partial charge in [-0.25, -0.2) is 4.79 Å². The number of ether oxygens (including phenoxy) is 3. The van der Waals surface area contributed by atoms with E-state index in [9.17, 15) is 4.79 Å². The fourth-order valence-electron chi connectivity index (χ4n) is 2.29. The second-order valence-electron chi connectivity index (χ2n) is 6.11. The minimum absolute atomic E-state index is 0.0815. The minimum Gasteiger partial charge on any atom is -0.491 e. The van der Waals surface area contributed by atoms with E-state index in [4.69, 9.17) is 30.3 Å². The van der Waals surface area contributed by atoms with E-state index >= 15 is 0 Å². The number of nitrogens with zero attached hydrogens (tertiary/aromatic N) is 2. The molecule has 1 aromatic heterocycles. The summed E-state index contributed by atoms with van der Waals surface area (Å²) in [6.07, 6.45) is 3.57. The van der Waals surface area contributed by atoms with E-state index in [1.165, 1.54) is 13.2 Å². The predicted molar refractivity (Wildman–Crippen MR) is 101 cm³/mol. The van der Waals surface area contributed by atoms with Crippen LogP contribution in [0.5, 0.6) is 11.5 Å². The highest BCUT2D eigenvalue weighted by molar-refractivity contribution is 6.32. The predicted octanol–water partition coefficient (Wildman–Crippen LogP) is 4.09. The second-order valence-corrected chi connectivity index (χ2v) is 6.52. The Hall–Kier alpha value is -2.54. The van der Waals surface area contributed by atoms with Crippen LogP contribution in [-0.2, 0) is 22.6 Å². The summed E-state index contributed by atoms with van der Waals surface area (Å²) in [6, 6.07) is 3.40. The molecule has 0 bridgehead atoms. The van der Waals surface area contributed by atoms with Crippen molar-refractivity contribution in [2.75, 3.05) is 13.7 Å². The van der Waals surface area contributed by atoms with Gasteiger partial charge in [0, 0.05) is 12.5 Å². The molecule has 1 heterocycles. The van der Waals surface area contributed by atoms with Crippen molar-refractivity contribution in [1.29, 1.82) is 0 Å². The maximum atomic E-state index is 11.9. The van der Waals surface area contributed by atoms with Crippen molar-refractivity contribution in [1.82, 2.24) is 10.1 Å². The summed E-state index contributed by atoms with van der Waals surface area (Å²) in [5.41, 5.74) is 0.679. The number of benzene rings is 1. The Morgan fingerprint density at radius 1 is 1.37 bits per heavy atom. The van der Waals surface area contributed by atoms with Crippen molar-refractivity contribution < 1.29 is 23.5 Å². The number of methoxy groups -OCH3 is 1. The molecule has 0 spiro atoms. The first-order valence-corrected chi connectivity index (χ1v) is 8.97. The maximum Gasteiger partial charge on any atom is 0.331 e. The Bertz CT molecular complexity index is 801. The first-order valence-electron chi connectivity index (χ1n) is 8.59. The Balaban J connectivity index is 1.97. The summed E-state index contributed by atoms with van der Waals surface area (Å²) >= 11 is 6.18. The largest absolute Gasteiger partial charge is 0.491 e. The molecule has 2 aromatic rings. The summed E-state index contributed by atoms with van der Waals surface area (Å²) in [7, 11) is 1.51. The van der Waals surface area contributed by atoms with Gasteiger partial charge in [-0.3, -0.25) is 0 Å². The van der Waals surface area contributed by atoms with Gasteiger partial charge in [0.2, 0.25) is 0 Å². The molecule has 0 unspecified atom stereocenters. The first kappa shape index (κ1) is 20.8. The van der Waals surface area contributed by atoms with Gasteiger partial charge in [-0.15, -0.1) is 0 Å². The SMILES string of the molecule is CCOc1cc(/C=C/C(=O)OCc2nc(CC(C)C)no2)cc(Cl)c1OC. The van der Waals surface area contributed by atoms with Crippen LogP contribution in [0.2, 0.25) is 5.02 Å². The van der Waals surface area contributed by atoms with Crippen molar-refractivity contribution in [2.45, 2.75) is 33.8 Å². The molecule has 27 heavy (non-hydrogen) atoms. The van der Waals surface area contributed by atoms with E-state index in [0.29, 0.717) is 46.9 Å². The van der Waals surface area contributed by atoms with E-state index in [0.717, 1.165) is 0 Å². The van der Waals surface area contributed by atoms with Crippen molar-refractivity contribution in [3.63, 3.8) is 0 Å². The molecule has 0 aliphatic carbocycles. The van der Waals surface area contributed by atoms with Gasteiger partial charge in [0.15, 0.2) is 23.9 Å². The molecule has 0 aliphatic rings. The summed E-state index contributed by atoms with van der Waals surface area (Å²) < 4.78 is 20.9. The van der Waals surface area contributed by atoms with Gasteiger partial charge in [-0.1, -0.05) is 30.6 Å². The van der Waals surface area contributed by atoms with Crippen LogP contribution in [-0.4, -0.2) is 29.8 Å². The number of esters is 1. The molecule has 0 atom stereocenters. The number of hydrogen-bond acceptors (Lipinski definition) is 7. The average molecular weight is 395 g/mol. The standard InChI is InChI=1S/C19H23ClN2O5/c1-5-25-15-10-13(9-14(20)19(15)24-4)6-7-18(23)26-11-17-21-16(22-27-17)8-12(2)3/h6-7,9-10,12H,5,8,11H2,1-4H3/b7-6+. The Labute approximate surface area is 163 Å². The molecule has 0 aliphatic heterocycles. The quantitative estimate of drug-likeness (QED) is 0.468. The zero-order valence-corrected chi connectivity index (χ0v) is 16.6. The molecule has 0 fully saturated rings. The summed E-state index contributed by atoms with van der Waals surface area (Å²) in [6.45, 7) is 6.36. The van der Waals surface area contributed by atoms with Crippen LogP contribution in [0.25, 0.3) is 6.08 Å². The highest BCUT2D eigenvalue weighted by Gasteiger charge is 2.12. The molecule has 146 valence electrons. The van der Waals surface area contributed by atoms with Gasteiger partial charge in [0.05, 0.1) is 18.7 Å². The van der Waals surface area contributed by atoms with Crippen molar-refractivity contribution in [3.05, 3.63) is 40.5 Å². The summed E-state index contributed by atoms with van der Waals surface area (Å²) in [5, 5.41) is 4.23. The van der Waals surface area contributed by atoms with Crippen LogP contribution in [0.15, 0.2) is 22.7 Å². The molecule has 7 nitrogen and oxygen atoms in total. The average Bonchev–Trinajstić information content (AvgIpc) is 3.05. The number of hydrogen-bond donors (Lipinski definition) is 0. The third-order valence-corrected chi connectivity index (χ3v) is 3.67. The lowest BCUT2D eigenvalue weighted by Crippen LogP contribution is -2.02. The zero-order chi connectivity index (χ0) is 19.8. The molecule has 0 amide bonds. The van der Waals surface area contributed by atoms with E-state index in [2.05, 4.69) is 24.0 Å². The molecular formula is C19H23ClN2O5. The van der Waals surface area contributed by atoms with E-state index < -0.39 is 5.97 Å². The van der Waals surface area contributed by atoms with Gasteiger partial charge in [-0.05, 0) is 36.6 Å². The van der Waals surface area contributed by atoms with Crippen LogP contribution in [0.3, 0.4) is 0 Å². The topological polar surface area (TPSA) is 83.7 Å². The van der Waals surface area contributed by atoms with Crippen molar-refractivity contribution in [3.8, 4) is 11.5 Å². The Kier molecular flexibility index (Phi) is 7.67. The number of halogens is 1. The van der Waals surface area contributed by atoms with Crippen molar-refractivity contribution in [2.24, 2.45) is 5.92 Å². The molecule has 8 heteroatoms. The number of carbonyl (C=O) groups excluding carboxylic acids is 1. The molecule has 2 rings (SSSR count). The number of carbonyl (C=O) groups is 1. The third-order valence-electron chi connectivity index (χ3n) is 3.39. The number of aromatic nitrogens is 2. The summed E-state index contributed by atoms with van der Waals surface area (Å²) in [5.74, 6) is 1.69. The highest BCUT2D eigenvalue weighted by atomic mass is 35.5. The monoisotopic (exact) mass is 394 g/mol. The lowest BCUT2D eigenvalue weighted by atomic mass is 10.1. The van der Waals surface area contributed by atoms with E-state index in [1.54, 1.807) is 18.2 Å². The smallest absolute Gasteiger partial charge is 0.331 e. The Morgan fingerprint density at radius 2 is 2.15 bits per heavy atom. The van der Waals surface area contributed by atoms with Crippen LogP contribution in [0, 0.1) is 5.92 Å². The van der Waals surface area contributed by atoms with E-state index in [1.807, 2.05) is 6.92 Å². The molecule has 0 saturated heterocycles. The molecular weight excluding hydrogens is 372 g/mol. The molecule has 1 aromatic carbocycles. The van der Waals surface area contributed by atoms with Gasteiger partial charge in [0.1, 0.15) is 0 Å². The van der Waals surface area contributed by atoms with Gasteiger partial charge in [-0.2, -0.15) is 4.98 Å². The molecule has 0 N–H and O–H groups in total. The second kappa shape index (κ2) is 9.97. The molecule has 0 saturated carbocycles. The van der Waals surface area contributed by atoms with Crippen molar-refractivity contribution >= 4 is 23.6 Å². The maximum absolute atomic E-state index is 11.9. The third kappa shape index (κ3) is 6.29. The van der Waals surface area contributed by atoms with Crippen LogP contribution in [0.1, 0.15) is 38.0 Å². The van der Waals surface area contributed by atoms with Crippen LogP contribution >= 0.6 is 11.6 Å². The highest BCUT2D eigenvalue weighted by Crippen LogP contribution is 2.36. The van der Waals surface area contributed by atoms with Crippen LogP contribution < -0.4 is 9.47 Å². The summed E-state index contributed by atoms with van der Waals surface area (Å²) in [4.78, 5) is 16.1. The van der Waals surface area contributed by atoms with Gasteiger partial charge >= 0.3 is 5.97 Å². The fraction of sp³-hybridized carbons (Fsp3) is 0.421. The van der Waals surface area contributed by atoms with Gasteiger partial charge in [0.25, 0.3) is 5.89 Å². The zero-order valence-electron chi connectivity index (χ0n) is 15.8. The Morgan fingerprint density at radius 3 is 2.81 bits per heavy atom. The van der Waals surface area contributed by atoms with Gasteiger partial charge < -0.3 is 18.7 Å². The van der Waals surface area contributed by atoms with Crippen LogP contribution in [0.4, 0.5) is 0 Å². The fourth-order valence-corrected chi connectivity index (χ4v) is 2.58. The minimum atomic E-state index is -0.538. The normalized spacial score (nSPS) is 11.2. The lowest BCUT2D eigenvalue weighted by Gasteiger charge is -2.11. The van der Waals surface area contributed by atoms with E-state index in [-0.39, 0.29) is 12.5 Å². The lowest BCUT2D eigenvalue weighted by molar-refractivity contribution is -0.139. The molecule has 0 radical (unpaired) electrons. The number of rotatable bonds is 9. The first-order chi connectivity index (χ1) is 12.9.